The molecule has 0 aliphatic rings. The topological polar surface area (TPSA) is 71.2 Å². The molecule has 1 amide bonds. The Balaban J connectivity index is 1.87. The number of nitrogens with one attached hydrogen (secondary N) is 2. The van der Waals surface area contributed by atoms with E-state index in [1.165, 1.54) is 7.11 Å². The Morgan fingerprint density at radius 2 is 1.83 bits per heavy atom. The first-order chi connectivity index (χ1) is 11.5. The van der Waals surface area contributed by atoms with Gasteiger partial charge >= 0.3 is 5.97 Å². The molecule has 0 aliphatic heterocycles. The van der Waals surface area contributed by atoms with E-state index in [0.29, 0.717) is 16.8 Å². The maximum absolute atomic E-state index is 12.5. The molecule has 0 aliphatic carbocycles. The predicted octanol–water partition coefficient (Wildman–Crippen LogP) is 3.82. The highest BCUT2D eigenvalue weighted by molar-refractivity contribution is 6.07. The number of carbonyl (C=O) groups is 2. The molecule has 3 aromatic rings. The summed E-state index contributed by atoms with van der Waals surface area (Å²) in [6.45, 7) is 4.03. The number of fused-ring (bicyclic) bond motifs is 1. The summed E-state index contributed by atoms with van der Waals surface area (Å²) in [4.78, 5) is 27.3. The zero-order chi connectivity index (χ0) is 17.3. The van der Waals surface area contributed by atoms with Crippen molar-refractivity contribution in [1.29, 1.82) is 0 Å². The monoisotopic (exact) mass is 322 g/mol. The van der Waals surface area contributed by atoms with E-state index in [0.717, 1.165) is 22.2 Å². The van der Waals surface area contributed by atoms with Gasteiger partial charge in [-0.1, -0.05) is 6.07 Å². The van der Waals surface area contributed by atoms with Crippen LogP contribution in [-0.4, -0.2) is 24.0 Å². The molecule has 0 fully saturated rings. The average Bonchev–Trinajstić information content (AvgIpc) is 2.88. The number of hydrogen-bond donors (Lipinski definition) is 2. The van der Waals surface area contributed by atoms with Gasteiger partial charge in [-0.05, 0) is 55.8 Å². The van der Waals surface area contributed by atoms with E-state index in [-0.39, 0.29) is 5.91 Å². The average molecular weight is 322 g/mol. The number of methoxy groups -OCH3 is 1. The highest BCUT2D eigenvalue weighted by Gasteiger charge is 2.12. The Labute approximate surface area is 139 Å². The number of amides is 1. The van der Waals surface area contributed by atoms with Crippen molar-refractivity contribution < 1.29 is 14.3 Å². The van der Waals surface area contributed by atoms with Crippen LogP contribution in [0.5, 0.6) is 0 Å². The molecular weight excluding hydrogens is 304 g/mol. The molecule has 5 heteroatoms. The highest BCUT2D eigenvalue weighted by Crippen LogP contribution is 2.23. The second kappa shape index (κ2) is 6.20. The fourth-order valence-electron chi connectivity index (χ4n) is 2.65. The number of benzene rings is 2. The molecule has 3 rings (SSSR count). The van der Waals surface area contributed by atoms with Crippen molar-refractivity contribution in [2.24, 2.45) is 0 Å². The van der Waals surface area contributed by atoms with Gasteiger partial charge in [0.2, 0.25) is 0 Å². The molecule has 2 aromatic carbocycles. The lowest BCUT2D eigenvalue weighted by molar-refractivity contribution is 0.0600. The van der Waals surface area contributed by atoms with Crippen LogP contribution < -0.4 is 5.32 Å². The van der Waals surface area contributed by atoms with Crippen LogP contribution in [0.1, 0.15) is 32.0 Å². The van der Waals surface area contributed by atoms with Gasteiger partial charge in [-0.3, -0.25) is 4.79 Å². The first-order valence-corrected chi connectivity index (χ1v) is 7.58. The van der Waals surface area contributed by atoms with Gasteiger partial charge in [-0.25, -0.2) is 4.79 Å². The molecule has 24 heavy (non-hydrogen) atoms. The van der Waals surface area contributed by atoms with Gasteiger partial charge in [0.15, 0.2) is 0 Å². The van der Waals surface area contributed by atoms with Crippen molar-refractivity contribution in [3.05, 3.63) is 64.8 Å². The van der Waals surface area contributed by atoms with Crippen LogP contribution >= 0.6 is 0 Å². The van der Waals surface area contributed by atoms with Gasteiger partial charge in [0, 0.05) is 27.8 Å². The number of aryl methyl sites for hydroxylation is 2. The van der Waals surface area contributed by atoms with E-state index in [4.69, 9.17) is 0 Å². The number of H-pyrrole nitrogens is 1. The van der Waals surface area contributed by atoms with Crippen molar-refractivity contribution in [3.8, 4) is 0 Å². The van der Waals surface area contributed by atoms with Crippen molar-refractivity contribution in [2.45, 2.75) is 13.8 Å². The molecule has 5 nitrogen and oxygen atoms in total. The summed E-state index contributed by atoms with van der Waals surface area (Å²) in [6, 6.07) is 12.2. The molecule has 0 atom stereocenters. The van der Waals surface area contributed by atoms with Crippen LogP contribution in [0.25, 0.3) is 10.9 Å². The van der Waals surface area contributed by atoms with Gasteiger partial charge in [0.05, 0.1) is 12.7 Å². The third kappa shape index (κ3) is 2.88. The number of anilines is 1. The van der Waals surface area contributed by atoms with Crippen LogP contribution in [0.15, 0.2) is 42.5 Å². The molecule has 0 saturated carbocycles. The Hall–Kier alpha value is -3.08. The van der Waals surface area contributed by atoms with Crippen molar-refractivity contribution in [3.63, 3.8) is 0 Å². The maximum atomic E-state index is 12.5. The third-order valence-corrected chi connectivity index (χ3v) is 4.11. The van der Waals surface area contributed by atoms with E-state index >= 15 is 0 Å². The summed E-state index contributed by atoms with van der Waals surface area (Å²) >= 11 is 0. The lowest BCUT2D eigenvalue weighted by atomic mass is 10.1. The predicted molar refractivity (Wildman–Crippen MR) is 93.5 cm³/mol. The molecule has 0 saturated heterocycles. The van der Waals surface area contributed by atoms with Crippen molar-refractivity contribution >= 4 is 28.5 Å². The minimum absolute atomic E-state index is 0.225. The molecule has 0 bridgehead atoms. The Kier molecular flexibility index (Phi) is 4.08. The number of esters is 1. The number of hydrogen-bond acceptors (Lipinski definition) is 3. The van der Waals surface area contributed by atoms with Crippen LogP contribution in [0.2, 0.25) is 0 Å². The normalized spacial score (nSPS) is 10.6. The van der Waals surface area contributed by atoms with Gasteiger partial charge in [0.25, 0.3) is 5.91 Å². The lowest BCUT2D eigenvalue weighted by Gasteiger charge is -2.07. The minimum atomic E-state index is -0.439. The number of ether oxygens (including phenoxy) is 1. The summed E-state index contributed by atoms with van der Waals surface area (Å²) in [5.74, 6) is -0.664. The van der Waals surface area contributed by atoms with E-state index in [1.54, 1.807) is 30.3 Å². The first kappa shape index (κ1) is 15.8. The quantitative estimate of drug-likeness (QED) is 0.720. The standard InChI is InChI=1S/C19H18N2O3/c1-11-12(2)20-17-8-7-13(10-16(11)17)18(22)21-15-6-4-5-14(9-15)19(23)24-3/h4-10,20H,1-3H3,(H,21,22). The molecule has 1 heterocycles. The second-order valence-corrected chi connectivity index (χ2v) is 5.66. The van der Waals surface area contributed by atoms with Crippen LogP contribution in [-0.2, 0) is 4.74 Å². The number of carbonyl (C=O) groups excluding carboxylic acids is 2. The first-order valence-electron chi connectivity index (χ1n) is 7.58. The zero-order valence-corrected chi connectivity index (χ0v) is 13.8. The van der Waals surface area contributed by atoms with E-state index in [9.17, 15) is 9.59 Å². The molecular formula is C19H18N2O3. The van der Waals surface area contributed by atoms with Crippen molar-refractivity contribution in [2.75, 3.05) is 12.4 Å². The summed E-state index contributed by atoms with van der Waals surface area (Å²) in [7, 11) is 1.32. The molecule has 0 spiro atoms. The Morgan fingerprint density at radius 3 is 2.58 bits per heavy atom. The molecule has 0 radical (unpaired) electrons. The number of aromatic amines is 1. The Bertz CT molecular complexity index is 941. The minimum Gasteiger partial charge on any atom is -0.465 e. The van der Waals surface area contributed by atoms with E-state index < -0.39 is 5.97 Å². The van der Waals surface area contributed by atoms with Gasteiger partial charge in [-0.15, -0.1) is 0 Å². The van der Waals surface area contributed by atoms with Crippen LogP contribution in [0, 0.1) is 13.8 Å². The van der Waals surface area contributed by atoms with E-state index in [2.05, 4.69) is 15.0 Å². The third-order valence-electron chi connectivity index (χ3n) is 4.11. The van der Waals surface area contributed by atoms with Gasteiger partial charge in [0.1, 0.15) is 0 Å². The summed E-state index contributed by atoms with van der Waals surface area (Å²) in [5.41, 5.74) is 4.73. The Morgan fingerprint density at radius 1 is 1.04 bits per heavy atom. The van der Waals surface area contributed by atoms with Crippen LogP contribution in [0.3, 0.4) is 0 Å². The molecule has 122 valence electrons. The van der Waals surface area contributed by atoms with E-state index in [1.807, 2.05) is 26.0 Å². The summed E-state index contributed by atoms with van der Waals surface area (Å²) < 4.78 is 4.69. The molecule has 2 N–H and O–H groups in total. The van der Waals surface area contributed by atoms with Gasteiger partial charge in [-0.2, -0.15) is 0 Å². The molecule has 1 aromatic heterocycles. The summed E-state index contributed by atoms with van der Waals surface area (Å²) in [6.07, 6.45) is 0. The summed E-state index contributed by atoms with van der Waals surface area (Å²) in [5, 5.41) is 3.84. The van der Waals surface area contributed by atoms with Crippen molar-refractivity contribution in [1.82, 2.24) is 4.98 Å². The smallest absolute Gasteiger partial charge is 0.337 e. The second-order valence-electron chi connectivity index (χ2n) is 5.66. The largest absolute Gasteiger partial charge is 0.465 e. The highest BCUT2D eigenvalue weighted by atomic mass is 16.5. The SMILES string of the molecule is COC(=O)c1cccc(NC(=O)c2ccc3[nH]c(C)c(C)c3c2)c1. The van der Waals surface area contributed by atoms with Crippen LogP contribution in [0.4, 0.5) is 5.69 Å². The maximum Gasteiger partial charge on any atom is 0.337 e. The fraction of sp³-hybridized carbons (Fsp3) is 0.158. The fourth-order valence-corrected chi connectivity index (χ4v) is 2.65. The zero-order valence-electron chi connectivity index (χ0n) is 13.8. The number of aromatic nitrogens is 1. The van der Waals surface area contributed by atoms with Gasteiger partial charge < -0.3 is 15.0 Å². The number of rotatable bonds is 3. The lowest BCUT2D eigenvalue weighted by Crippen LogP contribution is -2.12. The molecule has 0 unspecified atom stereocenters.